The van der Waals surface area contributed by atoms with Crippen LogP contribution in [0.25, 0.3) is 0 Å². The highest BCUT2D eigenvalue weighted by Crippen LogP contribution is 2.22. The van der Waals surface area contributed by atoms with Crippen molar-refractivity contribution in [3.05, 3.63) is 63.9 Å². The Balaban J connectivity index is 0.00000392. The molecule has 152 valence electrons. The topological polar surface area (TPSA) is 65.5 Å². The lowest BCUT2D eigenvalue weighted by Gasteiger charge is -2.13. The van der Waals surface area contributed by atoms with E-state index in [0.717, 1.165) is 11.1 Å². The number of anilines is 1. The molecule has 3 N–H and O–H groups in total. The molecule has 0 aromatic heterocycles. The summed E-state index contributed by atoms with van der Waals surface area (Å²) in [6, 6.07) is 10.4. The van der Waals surface area contributed by atoms with E-state index in [2.05, 4.69) is 20.9 Å². The number of carbonyl (C=O) groups is 1. The van der Waals surface area contributed by atoms with E-state index in [0.29, 0.717) is 35.3 Å². The fourth-order valence-corrected chi connectivity index (χ4v) is 2.73. The number of hydrogen-bond donors (Lipinski definition) is 3. The smallest absolute Gasteiger partial charge is 0.226 e. The molecule has 28 heavy (non-hydrogen) atoms. The Kier molecular flexibility index (Phi) is 10.2. The zero-order chi connectivity index (χ0) is 19.8. The minimum Gasteiger partial charge on any atom is -0.356 e. The van der Waals surface area contributed by atoms with Gasteiger partial charge in [0.25, 0.3) is 0 Å². The Morgan fingerprint density at radius 2 is 1.89 bits per heavy atom. The summed E-state index contributed by atoms with van der Waals surface area (Å²) in [6.45, 7) is 4.58. The number of halogens is 3. The van der Waals surface area contributed by atoms with E-state index in [4.69, 9.17) is 11.6 Å². The van der Waals surface area contributed by atoms with Crippen molar-refractivity contribution in [2.45, 2.75) is 26.8 Å². The second kappa shape index (κ2) is 11.9. The number of nitrogens with zero attached hydrogens (tertiary/aromatic N) is 1. The van der Waals surface area contributed by atoms with Gasteiger partial charge in [0, 0.05) is 26.6 Å². The highest BCUT2D eigenvalue weighted by molar-refractivity contribution is 14.0. The fraction of sp³-hybridized carbons (Fsp3) is 0.300. The molecule has 2 aromatic rings. The van der Waals surface area contributed by atoms with Crippen molar-refractivity contribution < 1.29 is 9.18 Å². The van der Waals surface area contributed by atoms with Gasteiger partial charge in [-0.05, 0) is 48.7 Å². The molecule has 0 aliphatic rings. The Morgan fingerprint density at radius 3 is 2.54 bits per heavy atom. The molecule has 2 aromatic carbocycles. The van der Waals surface area contributed by atoms with Gasteiger partial charge in [-0.3, -0.25) is 9.79 Å². The standard InChI is InChI=1S/C20H24ClFN4O.HI/c1-13-4-7-18(16(21)10-13)26-19(27)8-9-24-20(23-3)25-12-15-5-6-17(22)14(2)11-15;/h4-7,10-11H,8-9,12H2,1-3H3,(H,26,27)(H2,23,24,25);1H. The van der Waals surface area contributed by atoms with Gasteiger partial charge in [-0.15, -0.1) is 24.0 Å². The summed E-state index contributed by atoms with van der Waals surface area (Å²) >= 11 is 6.12. The molecular formula is C20H25ClFIN4O. The van der Waals surface area contributed by atoms with Crippen LogP contribution in [0.15, 0.2) is 41.4 Å². The molecule has 1 amide bonds. The number of carbonyl (C=O) groups excluding carboxylic acids is 1. The van der Waals surface area contributed by atoms with Crippen LogP contribution in [0, 0.1) is 19.7 Å². The van der Waals surface area contributed by atoms with Crippen LogP contribution in [-0.4, -0.2) is 25.5 Å². The summed E-state index contributed by atoms with van der Waals surface area (Å²) < 4.78 is 13.3. The summed E-state index contributed by atoms with van der Waals surface area (Å²) in [6.07, 6.45) is 0.264. The fourth-order valence-electron chi connectivity index (χ4n) is 2.45. The van der Waals surface area contributed by atoms with Crippen LogP contribution in [0.2, 0.25) is 5.02 Å². The molecule has 0 saturated heterocycles. The number of amides is 1. The average molecular weight is 519 g/mol. The molecule has 0 aliphatic carbocycles. The van der Waals surface area contributed by atoms with Crippen molar-refractivity contribution in [1.82, 2.24) is 10.6 Å². The molecule has 5 nitrogen and oxygen atoms in total. The van der Waals surface area contributed by atoms with E-state index in [1.807, 2.05) is 13.0 Å². The van der Waals surface area contributed by atoms with E-state index in [9.17, 15) is 9.18 Å². The maximum atomic E-state index is 13.3. The lowest BCUT2D eigenvalue weighted by atomic mass is 10.1. The Hall–Kier alpha value is -1.87. The number of aryl methyl sites for hydroxylation is 2. The molecule has 0 atom stereocenters. The third kappa shape index (κ3) is 7.63. The van der Waals surface area contributed by atoms with Gasteiger partial charge in [-0.2, -0.15) is 0 Å². The number of guanidine groups is 1. The van der Waals surface area contributed by atoms with Crippen molar-refractivity contribution in [3.8, 4) is 0 Å². The van der Waals surface area contributed by atoms with E-state index in [-0.39, 0.29) is 42.1 Å². The van der Waals surface area contributed by atoms with Gasteiger partial charge < -0.3 is 16.0 Å². The van der Waals surface area contributed by atoms with Crippen molar-refractivity contribution in [3.63, 3.8) is 0 Å². The second-order valence-electron chi connectivity index (χ2n) is 6.22. The first kappa shape index (κ1) is 24.2. The van der Waals surface area contributed by atoms with Gasteiger partial charge >= 0.3 is 0 Å². The molecule has 0 bridgehead atoms. The summed E-state index contributed by atoms with van der Waals surface area (Å²) in [5.74, 6) is 0.206. The van der Waals surface area contributed by atoms with Gasteiger partial charge in [-0.1, -0.05) is 29.8 Å². The summed E-state index contributed by atoms with van der Waals surface area (Å²) in [4.78, 5) is 16.2. The van der Waals surface area contributed by atoms with Crippen LogP contribution in [0.5, 0.6) is 0 Å². The van der Waals surface area contributed by atoms with E-state index in [1.165, 1.54) is 6.07 Å². The number of rotatable bonds is 6. The zero-order valence-corrected chi connectivity index (χ0v) is 19.2. The Morgan fingerprint density at radius 1 is 1.14 bits per heavy atom. The predicted octanol–water partition coefficient (Wildman–Crippen LogP) is 4.41. The maximum absolute atomic E-state index is 13.3. The summed E-state index contributed by atoms with van der Waals surface area (Å²) in [5, 5.41) is 9.52. The number of nitrogens with one attached hydrogen (secondary N) is 3. The third-order valence-electron chi connectivity index (χ3n) is 3.95. The van der Waals surface area contributed by atoms with Crippen LogP contribution in [0.4, 0.5) is 10.1 Å². The highest BCUT2D eigenvalue weighted by atomic mass is 127. The first-order chi connectivity index (χ1) is 12.9. The molecular weight excluding hydrogens is 494 g/mol. The zero-order valence-electron chi connectivity index (χ0n) is 16.1. The highest BCUT2D eigenvalue weighted by Gasteiger charge is 2.07. The van der Waals surface area contributed by atoms with Crippen molar-refractivity contribution >= 4 is 53.1 Å². The maximum Gasteiger partial charge on any atom is 0.226 e. The monoisotopic (exact) mass is 518 g/mol. The summed E-state index contributed by atoms with van der Waals surface area (Å²) in [7, 11) is 1.65. The van der Waals surface area contributed by atoms with Gasteiger partial charge in [0.15, 0.2) is 5.96 Å². The lowest BCUT2D eigenvalue weighted by molar-refractivity contribution is -0.116. The van der Waals surface area contributed by atoms with Crippen molar-refractivity contribution in [2.75, 3.05) is 18.9 Å². The van der Waals surface area contributed by atoms with Gasteiger partial charge in [0.1, 0.15) is 5.82 Å². The van der Waals surface area contributed by atoms with Gasteiger partial charge in [0.2, 0.25) is 5.91 Å². The first-order valence-electron chi connectivity index (χ1n) is 8.64. The minimum atomic E-state index is -0.221. The van der Waals surface area contributed by atoms with Crippen molar-refractivity contribution in [1.29, 1.82) is 0 Å². The molecule has 2 rings (SSSR count). The minimum absolute atomic E-state index is 0. The average Bonchev–Trinajstić information content (AvgIpc) is 2.63. The SMILES string of the molecule is CN=C(NCCC(=O)Nc1ccc(C)cc1Cl)NCc1ccc(F)c(C)c1.I. The molecule has 8 heteroatoms. The van der Waals surface area contributed by atoms with Gasteiger partial charge in [-0.25, -0.2) is 4.39 Å². The van der Waals surface area contributed by atoms with Crippen LogP contribution in [-0.2, 0) is 11.3 Å². The van der Waals surface area contributed by atoms with Crippen LogP contribution in [0.1, 0.15) is 23.1 Å². The predicted molar refractivity (Wildman–Crippen MR) is 124 cm³/mol. The van der Waals surface area contributed by atoms with E-state index in [1.54, 1.807) is 38.2 Å². The molecule has 0 fully saturated rings. The third-order valence-corrected chi connectivity index (χ3v) is 4.26. The number of benzene rings is 2. The quantitative estimate of drug-likeness (QED) is 0.302. The lowest BCUT2D eigenvalue weighted by Crippen LogP contribution is -2.38. The second-order valence-corrected chi connectivity index (χ2v) is 6.62. The van der Waals surface area contributed by atoms with Crippen LogP contribution >= 0.6 is 35.6 Å². The molecule has 0 heterocycles. The van der Waals surface area contributed by atoms with E-state index >= 15 is 0 Å². The Labute approximate surface area is 187 Å². The largest absolute Gasteiger partial charge is 0.356 e. The van der Waals surface area contributed by atoms with Crippen molar-refractivity contribution in [2.24, 2.45) is 4.99 Å². The normalized spacial score (nSPS) is 10.8. The Bertz CT molecular complexity index is 845. The number of aliphatic imine (C=N–C) groups is 1. The number of hydrogen-bond acceptors (Lipinski definition) is 2. The first-order valence-corrected chi connectivity index (χ1v) is 9.02. The van der Waals surface area contributed by atoms with E-state index < -0.39 is 0 Å². The van der Waals surface area contributed by atoms with Gasteiger partial charge in [0.05, 0.1) is 10.7 Å². The molecule has 0 radical (unpaired) electrons. The molecule has 0 aliphatic heterocycles. The molecule has 0 saturated carbocycles. The van der Waals surface area contributed by atoms with Crippen LogP contribution < -0.4 is 16.0 Å². The van der Waals surface area contributed by atoms with Crippen LogP contribution in [0.3, 0.4) is 0 Å². The molecule has 0 spiro atoms. The summed E-state index contributed by atoms with van der Waals surface area (Å²) in [5.41, 5.74) is 3.18. The molecule has 0 unspecified atom stereocenters.